The van der Waals surface area contributed by atoms with Crippen molar-refractivity contribution in [2.75, 3.05) is 39.8 Å². The van der Waals surface area contributed by atoms with Crippen LogP contribution in [0.3, 0.4) is 0 Å². The molecular weight excluding hydrogens is 318 g/mol. The van der Waals surface area contributed by atoms with Crippen LogP contribution in [0.2, 0.25) is 0 Å². The molecule has 1 saturated carbocycles. The number of likely N-dealkylation sites (N-methyl/N-ethyl adjacent to an activating group) is 1. The highest BCUT2D eigenvalue weighted by molar-refractivity contribution is 6.00. The number of fused-ring (bicyclic) bond motifs is 1. The molecule has 7 nitrogen and oxygen atoms in total. The lowest BCUT2D eigenvalue weighted by Gasteiger charge is -2.32. The van der Waals surface area contributed by atoms with E-state index < -0.39 is 0 Å². The van der Waals surface area contributed by atoms with Crippen LogP contribution in [0.25, 0.3) is 5.52 Å². The summed E-state index contributed by atoms with van der Waals surface area (Å²) in [4.78, 5) is 33.5. The Morgan fingerprint density at radius 1 is 1.20 bits per heavy atom. The third-order valence-electron chi connectivity index (χ3n) is 4.99. The number of piperazine rings is 1. The van der Waals surface area contributed by atoms with E-state index in [4.69, 9.17) is 0 Å². The van der Waals surface area contributed by atoms with Crippen molar-refractivity contribution in [3.8, 4) is 0 Å². The number of imidazole rings is 1. The zero-order chi connectivity index (χ0) is 17.4. The van der Waals surface area contributed by atoms with E-state index in [-0.39, 0.29) is 18.4 Å². The second-order valence-corrected chi connectivity index (χ2v) is 6.92. The van der Waals surface area contributed by atoms with E-state index in [0.717, 1.165) is 37.3 Å². The summed E-state index contributed by atoms with van der Waals surface area (Å²) in [6.45, 7) is 3.19. The van der Waals surface area contributed by atoms with E-state index in [1.54, 1.807) is 4.90 Å². The summed E-state index contributed by atoms with van der Waals surface area (Å²) < 4.78 is 1.99. The zero-order valence-electron chi connectivity index (χ0n) is 14.4. The van der Waals surface area contributed by atoms with Gasteiger partial charge in [0.1, 0.15) is 5.82 Å². The Balaban J connectivity index is 1.45. The molecule has 7 heteroatoms. The highest BCUT2D eigenvalue weighted by Gasteiger charge is 2.30. The van der Waals surface area contributed by atoms with E-state index >= 15 is 0 Å². The Hall–Kier alpha value is -2.41. The monoisotopic (exact) mass is 341 g/mol. The fraction of sp³-hybridized carbons (Fsp3) is 0.500. The predicted molar refractivity (Wildman–Crippen MR) is 93.6 cm³/mol. The molecule has 0 aromatic carbocycles. The minimum Gasteiger partial charge on any atom is -0.342 e. The van der Waals surface area contributed by atoms with Gasteiger partial charge in [-0.05, 0) is 32.0 Å². The van der Waals surface area contributed by atoms with Crippen molar-refractivity contribution in [1.82, 2.24) is 24.5 Å². The third kappa shape index (κ3) is 3.24. The minimum absolute atomic E-state index is 0.0210. The molecule has 2 aromatic rings. The van der Waals surface area contributed by atoms with Gasteiger partial charge in [-0.25, -0.2) is 4.98 Å². The molecule has 2 amide bonds. The number of carbonyl (C=O) groups is 2. The molecule has 0 spiro atoms. The molecular formula is C18H23N5O2. The van der Waals surface area contributed by atoms with Gasteiger partial charge in [0.25, 0.3) is 5.91 Å². The van der Waals surface area contributed by atoms with Crippen molar-refractivity contribution in [2.24, 2.45) is 0 Å². The largest absolute Gasteiger partial charge is 0.342 e. The quantitative estimate of drug-likeness (QED) is 0.889. The number of hydrogen-bond acceptors (Lipinski definition) is 4. The molecule has 1 aliphatic heterocycles. The number of aromatic nitrogens is 2. The Bertz CT molecular complexity index is 803. The SMILES string of the molecule is CN1CCN(C(=O)CNC(=O)c2nc(C3CC3)n3ccccc23)CC1. The second kappa shape index (κ2) is 6.48. The van der Waals surface area contributed by atoms with Crippen molar-refractivity contribution in [2.45, 2.75) is 18.8 Å². The Morgan fingerprint density at radius 2 is 1.96 bits per heavy atom. The lowest BCUT2D eigenvalue weighted by molar-refractivity contribution is -0.131. The minimum atomic E-state index is -0.280. The number of nitrogens with zero attached hydrogens (tertiary/aromatic N) is 4. The molecule has 0 bridgehead atoms. The topological polar surface area (TPSA) is 69.9 Å². The summed E-state index contributed by atoms with van der Waals surface area (Å²) in [5.74, 6) is 1.08. The molecule has 2 fully saturated rings. The first-order chi connectivity index (χ1) is 12.1. The van der Waals surface area contributed by atoms with Gasteiger partial charge in [-0.2, -0.15) is 0 Å². The molecule has 2 aromatic heterocycles. The molecule has 2 aliphatic rings. The van der Waals surface area contributed by atoms with Gasteiger partial charge in [-0.1, -0.05) is 6.07 Å². The van der Waals surface area contributed by atoms with Crippen LogP contribution < -0.4 is 5.32 Å². The predicted octanol–water partition coefficient (Wildman–Crippen LogP) is 0.716. The fourth-order valence-corrected chi connectivity index (χ4v) is 3.27. The van der Waals surface area contributed by atoms with E-state index in [9.17, 15) is 9.59 Å². The van der Waals surface area contributed by atoms with Crippen LogP contribution in [0.5, 0.6) is 0 Å². The van der Waals surface area contributed by atoms with Gasteiger partial charge < -0.3 is 19.5 Å². The van der Waals surface area contributed by atoms with Gasteiger partial charge in [0, 0.05) is 38.3 Å². The van der Waals surface area contributed by atoms with E-state index in [2.05, 4.69) is 15.2 Å². The summed E-state index contributed by atoms with van der Waals surface area (Å²) in [6, 6.07) is 5.75. The lowest BCUT2D eigenvalue weighted by Crippen LogP contribution is -2.50. The standard InChI is InChI=1S/C18H23N5O2/c1-21-8-10-22(11-9-21)15(24)12-19-18(25)16-14-4-2-3-7-23(14)17(20-16)13-5-6-13/h2-4,7,13H,5-6,8-12H2,1H3,(H,19,25). The van der Waals surface area contributed by atoms with Crippen LogP contribution in [0.4, 0.5) is 0 Å². The van der Waals surface area contributed by atoms with Gasteiger partial charge in [-0.3, -0.25) is 9.59 Å². The average molecular weight is 341 g/mol. The molecule has 1 N–H and O–H groups in total. The lowest BCUT2D eigenvalue weighted by atomic mass is 10.3. The molecule has 132 valence electrons. The summed E-state index contributed by atoms with van der Waals surface area (Å²) in [7, 11) is 2.05. The Labute approximate surface area is 146 Å². The van der Waals surface area contributed by atoms with Crippen LogP contribution in [0.1, 0.15) is 35.1 Å². The van der Waals surface area contributed by atoms with Crippen LogP contribution in [-0.2, 0) is 4.79 Å². The number of pyridine rings is 1. The molecule has 1 aliphatic carbocycles. The Morgan fingerprint density at radius 3 is 2.68 bits per heavy atom. The average Bonchev–Trinajstić information content (AvgIpc) is 3.40. The number of nitrogens with one attached hydrogen (secondary N) is 1. The highest BCUT2D eigenvalue weighted by atomic mass is 16.2. The first-order valence-corrected chi connectivity index (χ1v) is 8.85. The number of carbonyl (C=O) groups excluding carboxylic acids is 2. The number of hydrogen-bond donors (Lipinski definition) is 1. The van der Waals surface area contributed by atoms with E-state index in [1.807, 2.05) is 35.8 Å². The van der Waals surface area contributed by atoms with Gasteiger partial charge in [0.15, 0.2) is 5.69 Å². The summed E-state index contributed by atoms with van der Waals surface area (Å²) >= 11 is 0. The summed E-state index contributed by atoms with van der Waals surface area (Å²) in [5.41, 5.74) is 1.21. The van der Waals surface area contributed by atoms with Gasteiger partial charge >= 0.3 is 0 Å². The zero-order valence-corrected chi connectivity index (χ0v) is 14.4. The van der Waals surface area contributed by atoms with Crippen LogP contribution in [-0.4, -0.2) is 70.8 Å². The van der Waals surface area contributed by atoms with Crippen molar-refractivity contribution in [1.29, 1.82) is 0 Å². The normalized spacial score (nSPS) is 18.5. The van der Waals surface area contributed by atoms with Crippen molar-refractivity contribution in [3.63, 3.8) is 0 Å². The maximum atomic E-state index is 12.6. The molecule has 25 heavy (non-hydrogen) atoms. The van der Waals surface area contributed by atoms with E-state index in [1.165, 1.54) is 0 Å². The van der Waals surface area contributed by atoms with Gasteiger partial charge in [0.05, 0.1) is 12.1 Å². The molecule has 0 radical (unpaired) electrons. The molecule has 4 rings (SSSR count). The maximum Gasteiger partial charge on any atom is 0.272 e. The molecule has 1 saturated heterocycles. The van der Waals surface area contributed by atoms with Crippen LogP contribution >= 0.6 is 0 Å². The van der Waals surface area contributed by atoms with Crippen molar-refractivity contribution < 1.29 is 9.59 Å². The third-order valence-corrected chi connectivity index (χ3v) is 4.99. The van der Waals surface area contributed by atoms with Gasteiger partial charge in [-0.15, -0.1) is 0 Å². The van der Waals surface area contributed by atoms with Crippen molar-refractivity contribution in [3.05, 3.63) is 35.9 Å². The smallest absolute Gasteiger partial charge is 0.272 e. The van der Waals surface area contributed by atoms with E-state index in [0.29, 0.717) is 24.7 Å². The maximum absolute atomic E-state index is 12.6. The number of amides is 2. The summed E-state index contributed by atoms with van der Waals surface area (Å²) in [6.07, 6.45) is 4.19. The number of rotatable bonds is 4. The van der Waals surface area contributed by atoms with Crippen LogP contribution in [0.15, 0.2) is 24.4 Å². The molecule has 3 heterocycles. The van der Waals surface area contributed by atoms with Crippen LogP contribution in [0, 0.1) is 0 Å². The van der Waals surface area contributed by atoms with Crippen molar-refractivity contribution >= 4 is 17.3 Å². The second-order valence-electron chi connectivity index (χ2n) is 6.92. The molecule has 0 unspecified atom stereocenters. The summed E-state index contributed by atoms with van der Waals surface area (Å²) in [5, 5.41) is 2.75. The first-order valence-electron chi connectivity index (χ1n) is 8.85. The first kappa shape index (κ1) is 16.1. The van der Waals surface area contributed by atoms with Gasteiger partial charge in [0.2, 0.25) is 5.91 Å². The fourth-order valence-electron chi connectivity index (χ4n) is 3.27. The highest BCUT2D eigenvalue weighted by Crippen LogP contribution is 2.39. The molecule has 0 atom stereocenters. The Kier molecular flexibility index (Phi) is 4.17.